The van der Waals surface area contributed by atoms with E-state index in [9.17, 15) is 19.2 Å². The maximum Gasteiger partial charge on any atom is 0.294 e. The number of imide groups is 1. The number of hydrogen-bond acceptors (Lipinski definition) is 6. The second-order valence-electron chi connectivity index (χ2n) is 6.37. The van der Waals surface area contributed by atoms with Crippen molar-refractivity contribution in [1.82, 2.24) is 9.80 Å². The third-order valence-electron chi connectivity index (χ3n) is 4.62. The number of para-hydroxylation sites is 1. The smallest absolute Gasteiger partial charge is 0.294 e. The van der Waals surface area contributed by atoms with E-state index in [2.05, 4.69) is 0 Å². The van der Waals surface area contributed by atoms with Gasteiger partial charge in [0.05, 0.1) is 15.9 Å². The number of nitrogens with zero attached hydrogens (tertiary/aromatic N) is 2. The van der Waals surface area contributed by atoms with Crippen LogP contribution in [0.15, 0.2) is 44.6 Å². The fourth-order valence-electron chi connectivity index (χ4n) is 3.17. The van der Waals surface area contributed by atoms with Gasteiger partial charge < -0.3 is 9.32 Å². The van der Waals surface area contributed by atoms with Crippen molar-refractivity contribution in [3.8, 4) is 0 Å². The second-order valence-corrected chi connectivity index (χ2v) is 7.37. The average Bonchev–Trinajstić information content (AvgIpc) is 3.29. The number of thioether (sulfide) groups is 1. The normalized spacial score (nSPS) is 18.9. The molecule has 138 valence electrons. The number of likely N-dealkylation sites (tertiary alicyclic amines) is 1. The Morgan fingerprint density at radius 3 is 2.67 bits per heavy atom. The molecule has 2 fully saturated rings. The summed E-state index contributed by atoms with van der Waals surface area (Å²) in [7, 11) is 0. The van der Waals surface area contributed by atoms with E-state index in [1.165, 1.54) is 12.3 Å². The lowest BCUT2D eigenvalue weighted by Gasteiger charge is -2.18. The molecule has 0 saturated carbocycles. The molecule has 2 aliphatic heterocycles. The molecule has 2 aromatic rings. The summed E-state index contributed by atoms with van der Waals surface area (Å²) in [4.78, 5) is 52.2. The highest BCUT2D eigenvalue weighted by atomic mass is 32.2. The number of benzene rings is 1. The van der Waals surface area contributed by atoms with Gasteiger partial charge in [-0.2, -0.15) is 0 Å². The highest BCUT2D eigenvalue weighted by Crippen LogP contribution is 2.32. The molecule has 27 heavy (non-hydrogen) atoms. The number of carbonyl (C=O) groups is 3. The van der Waals surface area contributed by atoms with Crippen molar-refractivity contribution in [2.24, 2.45) is 0 Å². The molecule has 0 radical (unpaired) electrons. The number of hydrogen-bond donors (Lipinski definition) is 0. The Morgan fingerprint density at radius 1 is 1.15 bits per heavy atom. The van der Waals surface area contributed by atoms with Crippen LogP contribution >= 0.6 is 11.8 Å². The fourth-order valence-corrected chi connectivity index (χ4v) is 4.00. The van der Waals surface area contributed by atoms with Crippen molar-refractivity contribution in [2.45, 2.75) is 12.8 Å². The van der Waals surface area contributed by atoms with Crippen LogP contribution < -0.4 is 5.43 Å². The predicted octanol–water partition coefficient (Wildman–Crippen LogP) is 2.45. The minimum atomic E-state index is -0.565. The summed E-state index contributed by atoms with van der Waals surface area (Å²) in [5.74, 6) is -0.800. The fraction of sp³-hybridized carbons (Fsp3) is 0.263. The summed E-state index contributed by atoms with van der Waals surface area (Å²) in [5, 5.41) is -0.112. The predicted molar refractivity (Wildman–Crippen MR) is 101 cm³/mol. The first-order valence-electron chi connectivity index (χ1n) is 8.58. The van der Waals surface area contributed by atoms with E-state index in [1.54, 1.807) is 29.2 Å². The molecule has 0 aliphatic carbocycles. The van der Waals surface area contributed by atoms with Crippen molar-refractivity contribution >= 4 is 45.9 Å². The zero-order valence-corrected chi connectivity index (χ0v) is 15.2. The van der Waals surface area contributed by atoms with E-state index in [0.29, 0.717) is 24.1 Å². The van der Waals surface area contributed by atoms with Gasteiger partial charge in [-0.05, 0) is 42.8 Å². The maximum atomic E-state index is 12.6. The van der Waals surface area contributed by atoms with Crippen LogP contribution in [0.1, 0.15) is 18.4 Å². The monoisotopic (exact) mass is 384 g/mol. The molecule has 1 aromatic heterocycles. The van der Waals surface area contributed by atoms with Crippen LogP contribution in [0.25, 0.3) is 17.0 Å². The summed E-state index contributed by atoms with van der Waals surface area (Å²) in [5.41, 5.74) is 0.353. The van der Waals surface area contributed by atoms with Gasteiger partial charge >= 0.3 is 0 Å². The second kappa shape index (κ2) is 7.03. The molecule has 3 amide bonds. The summed E-state index contributed by atoms with van der Waals surface area (Å²) >= 11 is 0.722. The van der Waals surface area contributed by atoms with Gasteiger partial charge in [0, 0.05) is 13.1 Å². The maximum absolute atomic E-state index is 12.6. The lowest BCUT2D eigenvalue weighted by molar-refractivity contribution is -0.135. The summed E-state index contributed by atoms with van der Waals surface area (Å²) < 4.78 is 5.43. The van der Waals surface area contributed by atoms with Crippen molar-refractivity contribution in [1.29, 1.82) is 0 Å². The first-order chi connectivity index (χ1) is 13.0. The van der Waals surface area contributed by atoms with Crippen LogP contribution in [-0.2, 0) is 9.59 Å². The Bertz CT molecular complexity index is 1040. The Labute approximate surface area is 158 Å². The molecule has 1 aromatic carbocycles. The summed E-state index contributed by atoms with van der Waals surface area (Å²) in [6.45, 7) is 1.04. The van der Waals surface area contributed by atoms with Gasteiger partial charge in [-0.1, -0.05) is 12.1 Å². The van der Waals surface area contributed by atoms with Crippen molar-refractivity contribution in [2.75, 3.05) is 19.6 Å². The molecule has 0 atom stereocenters. The summed E-state index contributed by atoms with van der Waals surface area (Å²) in [6, 6.07) is 6.80. The Kier molecular flexibility index (Phi) is 4.57. The topological polar surface area (TPSA) is 87.9 Å². The lowest BCUT2D eigenvalue weighted by atomic mass is 10.1. The molecule has 3 heterocycles. The zero-order chi connectivity index (χ0) is 19.0. The van der Waals surface area contributed by atoms with E-state index < -0.39 is 11.1 Å². The molecule has 7 nitrogen and oxygen atoms in total. The molecular formula is C19H16N2O5S. The Balaban J connectivity index is 1.59. The molecule has 2 saturated heterocycles. The third kappa shape index (κ3) is 3.28. The van der Waals surface area contributed by atoms with Crippen molar-refractivity contribution in [3.63, 3.8) is 0 Å². The highest BCUT2D eigenvalue weighted by Gasteiger charge is 2.37. The van der Waals surface area contributed by atoms with Gasteiger partial charge in [-0.15, -0.1) is 0 Å². The van der Waals surface area contributed by atoms with E-state index >= 15 is 0 Å². The molecule has 0 N–H and O–H groups in total. The molecule has 0 unspecified atom stereocenters. The number of rotatable bonds is 3. The SMILES string of the molecule is O=C(CN1C(=O)SC(=Cc2coc3ccccc3c2=O)C1=O)N1CCCC1. The van der Waals surface area contributed by atoms with Crippen LogP contribution in [0, 0.1) is 0 Å². The van der Waals surface area contributed by atoms with Crippen LogP contribution in [0.2, 0.25) is 0 Å². The Hall–Kier alpha value is -2.87. The van der Waals surface area contributed by atoms with E-state index in [1.807, 2.05) is 0 Å². The molecule has 2 aliphatic rings. The average molecular weight is 384 g/mol. The number of amides is 3. The van der Waals surface area contributed by atoms with E-state index in [0.717, 1.165) is 29.5 Å². The van der Waals surface area contributed by atoms with Crippen molar-refractivity contribution < 1.29 is 18.8 Å². The van der Waals surface area contributed by atoms with Crippen LogP contribution in [-0.4, -0.2) is 46.5 Å². The highest BCUT2D eigenvalue weighted by molar-refractivity contribution is 8.18. The molecule has 4 rings (SSSR count). The van der Waals surface area contributed by atoms with Crippen LogP contribution in [0.5, 0.6) is 0 Å². The van der Waals surface area contributed by atoms with Gasteiger partial charge in [-0.25, -0.2) is 0 Å². The Morgan fingerprint density at radius 2 is 1.89 bits per heavy atom. The summed E-state index contributed by atoms with van der Waals surface area (Å²) in [6.07, 6.45) is 4.49. The third-order valence-corrected chi connectivity index (χ3v) is 5.53. The number of fused-ring (bicyclic) bond motifs is 1. The molecule has 0 spiro atoms. The van der Waals surface area contributed by atoms with Gasteiger partial charge in [-0.3, -0.25) is 24.1 Å². The van der Waals surface area contributed by atoms with Gasteiger partial charge in [0.25, 0.3) is 11.1 Å². The number of carbonyl (C=O) groups excluding carboxylic acids is 3. The minimum absolute atomic E-state index is 0.108. The standard InChI is InChI=1S/C19H16N2O5S/c22-16(20-7-3-4-8-20)10-21-18(24)15(27-19(21)25)9-12-11-26-14-6-2-1-5-13(14)17(12)23/h1-2,5-6,9,11H,3-4,7-8,10H2. The van der Waals surface area contributed by atoms with Crippen molar-refractivity contribution in [3.05, 3.63) is 51.2 Å². The van der Waals surface area contributed by atoms with Gasteiger partial charge in [0.15, 0.2) is 5.43 Å². The molecular weight excluding hydrogens is 368 g/mol. The lowest BCUT2D eigenvalue weighted by Crippen LogP contribution is -2.40. The molecule has 0 bridgehead atoms. The van der Waals surface area contributed by atoms with E-state index in [4.69, 9.17) is 4.42 Å². The van der Waals surface area contributed by atoms with E-state index in [-0.39, 0.29) is 28.3 Å². The largest absolute Gasteiger partial charge is 0.463 e. The quantitative estimate of drug-likeness (QED) is 0.756. The van der Waals surface area contributed by atoms with Gasteiger partial charge in [0.1, 0.15) is 18.4 Å². The van der Waals surface area contributed by atoms with Crippen LogP contribution in [0.3, 0.4) is 0 Å². The first-order valence-corrected chi connectivity index (χ1v) is 9.40. The first kappa shape index (κ1) is 17.5. The van der Waals surface area contributed by atoms with Gasteiger partial charge in [0.2, 0.25) is 5.91 Å². The minimum Gasteiger partial charge on any atom is -0.463 e. The van der Waals surface area contributed by atoms with Crippen LogP contribution in [0.4, 0.5) is 4.79 Å². The zero-order valence-electron chi connectivity index (χ0n) is 14.3. The molecule has 8 heteroatoms.